The lowest BCUT2D eigenvalue weighted by Gasteiger charge is -2.12. The zero-order valence-corrected chi connectivity index (χ0v) is 13.9. The van der Waals surface area contributed by atoms with Crippen LogP contribution in [0.25, 0.3) is 11.0 Å². The van der Waals surface area contributed by atoms with E-state index in [1.807, 2.05) is 12.1 Å². The number of para-hydroxylation sites is 1. The van der Waals surface area contributed by atoms with Crippen LogP contribution in [0.2, 0.25) is 0 Å². The first-order valence-electron chi connectivity index (χ1n) is 7.79. The van der Waals surface area contributed by atoms with E-state index in [2.05, 4.69) is 5.32 Å². The standard InChI is InChI=1S/C19H18FNO4/c1-11-12-7-5-9-16(24-2)18(12)25-17(11)19(23)21-10-15(22)13-6-3-4-8-14(13)20/h3-9,15,22H,10H2,1-2H3,(H,21,23). The lowest BCUT2D eigenvalue weighted by Crippen LogP contribution is -2.28. The number of aliphatic hydroxyl groups is 1. The molecule has 130 valence electrons. The van der Waals surface area contributed by atoms with Gasteiger partial charge in [0.2, 0.25) is 0 Å². The number of rotatable bonds is 5. The molecule has 2 N–H and O–H groups in total. The summed E-state index contributed by atoms with van der Waals surface area (Å²) >= 11 is 0. The zero-order chi connectivity index (χ0) is 18.0. The van der Waals surface area contributed by atoms with Crippen molar-refractivity contribution in [3.8, 4) is 5.75 Å². The van der Waals surface area contributed by atoms with E-state index in [1.165, 1.54) is 25.3 Å². The number of aliphatic hydroxyl groups excluding tert-OH is 1. The number of carbonyl (C=O) groups is 1. The molecule has 25 heavy (non-hydrogen) atoms. The Labute approximate surface area is 144 Å². The predicted molar refractivity (Wildman–Crippen MR) is 91.2 cm³/mol. The van der Waals surface area contributed by atoms with Crippen LogP contribution in [-0.2, 0) is 0 Å². The van der Waals surface area contributed by atoms with Gasteiger partial charge in [-0.05, 0) is 19.1 Å². The van der Waals surface area contributed by atoms with Crippen molar-refractivity contribution in [3.63, 3.8) is 0 Å². The monoisotopic (exact) mass is 343 g/mol. The molecular formula is C19H18FNO4. The lowest BCUT2D eigenvalue weighted by atomic mass is 10.1. The summed E-state index contributed by atoms with van der Waals surface area (Å²) in [5, 5.41) is 13.4. The molecule has 0 spiro atoms. The van der Waals surface area contributed by atoms with Gasteiger partial charge in [-0.3, -0.25) is 4.79 Å². The van der Waals surface area contributed by atoms with E-state index in [-0.39, 0.29) is 17.9 Å². The minimum atomic E-state index is -1.15. The largest absolute Gasteiger partial charge is 0.493 e. The molecule has 5 nitrogen and oxygen atoms in total. The van der Waals surface area contributed by atoms with Crippen molar-refractivity contribution in [2.75, 3.05) is 13.7 Å². The lowest BCUT2D eigenvalue weighted by molar-refractivity contribution is 0.0888. The van der Waals surface area contributed by atoms with Gasteiger partial charge in [-0.25, -0.2) is 4.39 Å². The minimum Gasteiger partial charge on any atom is -0.493 e. The van der Waals surface area contributed by atoms with Crippen LogP contribution < -0.4 is 10.1 Å². The molecule has 1 atom stereocenters. The third kappa shape index (κ3) is 3.21. The third-order valence-corrected chi connectivity index (χ3v) is 4.07. The number of nitrogens with one attached hydrogen (secondary N) is 1. The number of methoxy groups -OCH3 is 1. The van der Waals surface area contributed by atoms with Gasteiger partial charge in [-0.15, -0.1) is 0 Å². The molecule has 0 aliphatic carbocycles. The first-order valence-corrected chi connectivity index (χ1v) is 7.79. The molecule has 0 saturated heterocycles. The topological polar surface area (TPSA) is 71.7 Å². The molecule has 1 heterocycles. The summed E-state index contributed by atoms with van der Waals surface area (Å²) < 4.78 is 24.6. The van der Waals surface area contributed by atoms with E-state index in [1.54, 1.807) is 19.1 Å². The van der Waals surface area contributed by atoms with Crippen molar-refractivity contribution < 1.29 is 23.4 Å². The number of amides is 1. The van der Waals surface area contributed by atoms with Gasteiger partial charge in [-0.2, -0.15) is 0 Å². The summed E-state index contributed by atoms with van der Waals surface area (Å²) in [6, 6.07) is 11.3. The van der Waals surface area contributed by atoms with Crippen LogP contribution in [0.4, 0.5) is 4.39 Å². The summed E-state index contributed by atoms with van der Waals surface area (Å²) in [5.74, 6) is -0.327. The first-order chi connectivity index (χ1) is 12.0. The normalized spacial score (nSPS) is 12.2. The Morgan fingerprint density at radius 1 is 1.28 bits per heavy atom. The zero-order valence-electron chi connectivity index (χ0n) is 13.9. The summed E-state index contributed by atoms with van der Waals surface area (Å²) in [7, 11) is 1.52. The number of fused-ring (bicyclic) bond motifs is 1. The van der Waals surface area contributed by atoms with Crippen LogP contribution >= 0.6 is 0 Å². The smallest absolute Gasteiger partial charge is 0.287 e. The van der Waals surface area contributed by atoms with Crippen LogP contribution in [0.15, 0.2) is 46.9 Å². The van der Waals surface area contributed by atoms with E-state index in [4.69, 9.17) is 9.15 Å². The van der Waals surface area contributed by atoms with Gasteiger partial charge in [-0.1, -0.05) is 30.3 Å². The number of hydrogen-bond acceptors (Lipinski definition) is 4. The molecule has 1 unspecified atom stereocenters. The first kappa shape index (κ1) is 17.0. The third-order valence-electron chi connectivity index (χ3n) is 4.07. The molecule has 3 rings (SSSR count). The number of benzene rings is 2. The molecular weight excluding hydrogens is 325 g/mol. The van der Waals surface area contributed by atoms with Crippen LogP contribution in [0, 0.1) is 12.7 Å². The molecule has 0 fully saturated rings. The van der Waals surface area contributed by atoms with Gasteiger partial charge in [0.15, 0.2) is 17.1 Å². The average molecular weight is 343 g/mol. The molecule has 6 heteroatoms. The highest BCUT2D eigenvalue weighted by atomic mass is 19.1. The highest BCUT2D eigenvalue weighted by Gasteiger charge is 2.21. The second-order valence-corrected chi connectivity index (χ2v) is 5.64. The fourth-order valence-electron chi connectivity index (χ4n) is 2.72. The molecule has 2 aromatic carbocycles. The number of halogens is 1. The van der Waals surface area contributed by atoms with E-state index >= 15 is 0 Å². The molecule has 1 aromatic heterocycles. The summed E-state index contributed by atoms with van der Waals surface area (Å²) in [5.41, 5.74) is 1.29. The molecule has 0 aliphatic rings. The minimum absolute atomic E-state index is 0.130. The maximum absolute atomic E-state index is 13.7. The highest BCUT2D eigenvalue weighted by Crippen LogP contribution is 2.32. The Hall–Kier alpha value is -2.86. The molecule has 0 aliphatic heterocycles. The number of carbonyl (C=O) groups excluding carboxylic acids is 1. The maximum atomic E-state index is 13.7. The quantitative estimate of drug-likeness (QED) is 0.745. The number of aryl methyl sites for hydroxylation is 1. The maximum Gasteiger partial charge on any atom is 0.287 e. The Kier molecular flexibility index (Phi) is 4.72. The molecule has 1 amide bonds. The Morgan fingerprint density at radius 2 is 2.04 bits per heavy atom. The second-order valence-electron chi connectivity index (χ2n) is 5.64. The highest BCUT2D eigenvalue weighted by molar-refractivity contribution is 6.00. The Bertz CT molecular complexity index is 919. The van der Waals surface area contributed by atoms with Gasteiger partial charge >= 0.3 is 0 Å². The fourth-order valence-corrected chi connectivity index (χ4v) is 2.72. The van der Waals surface area contributed by atoms with Gasteiger partial charge in [0.05, 0.1) is 13.2 Å². The van der Waals surface area contributed by atoms with E-state index in [0.29, 0.717) is 16.9 Å². The molecule has 3 aromatic rings. The summed E-state index contributed by atoms with van der Waals surface area (Å²) in [6.07, 6.45) is -1.15. The Balaban J connectivity index is 1.79. The number of hydrogen-bond donors (Lipinski definition) is 2. The number of ether oxygens (including phenoxy) is 1. The van der Waals surface area contributed by atoms with Crippen molar-refractivity contribution >= 4 is 16.9 Å². The van der Waals surface area contributed by atoms with Gasteiger partial charge in [0.25, 0.3) is 5.91 Å². The van der Waals surface area contributed by atoms with Crippen LogP contribution in [0.5, 0.6) is 5.75 Å². The van der Waals surface area contributed by atoms with Crippen LogP contribution in [0.1, 0.15) is 27.8 Å². The van der Waals surface area contributed by atoms with Crippen LogP contribution in [-0.4, -0.2) is 24.7 Å². The van der Waals surface area contributed by atoms with E-state index in [0.717, 1.165) is 5.39 Å². The average Bonchev–Trinajstić information content (AvgIpc) is 2.97. The SMILES string of the molecule is COc1cccc2c(C)c(C(=O)NCC(O)c3ccccc3F)oc12. The van der Waals surface area contributed by atoms with Gasteiger partial charge < -0.3 is 19.6 Å². The van der Waals surface area contributed by atoms with Gasteiger partial charge in [0.1, 0.15) is 5.82 Å². The molecule has 0 bridgehead atoms. The Morgan fingerprint density at radius 3 is 2.76 bits per heavy atom. The molecule has 0 saturated carbocycles. The van der Waals surface area contributed by atoms with Crippen molar-refractivity contribution in [1.29, 1.82) is 0 Å². The van der Waals surface area contributed by atoms with Crippen LogP contribution in [0.3, 0.4) is 0 Å². The van der Waals surface area contributed by atoms with Crippen molar-refractivity contribution in [1.82, 2.24) is 5.32 Å². The van der Waals surface area contributed by atoms with Crippen molar-refractivity contribution in [2.45, 2.75) is 13.0 Å². The molecule has 0 radical (unpaired) electrons. The van der Waals surface area contributed by atoms with Crippen molar-refractivity contribution in [2.24, 2.45) is 0 Å². The second kappa shape index (κ2) is 6.94. The summed E-state index contributed by atoms with van der Waals surface area (Å²) in [6.45, 7) is 1.64. The summed E-state index contributed by atoms with van der Waals surface area (Å²) in [4.78, 5) is 12.4. The predicted octanol–water partition coefficient (Wildman–Crippen LogP) is 3.35. The van der Waals surface area contributed by atoms with Crippen molar-refractivity contribution in [3.05, 3.63) is 65.2 Å². The number of furan rings is 1. The van der Waals surface area contributed by atoms with Gasteiger partial charge in [0, 0.05) is 23.1 Å². The fraction of sp³-hybridized carbons (Fsp3) is 0.211. The van der Waals surface area contributed by atoms with E-state index in [9.17, 15) is 14.3 Å². The van der Waals surface area contributed by atoms with E-state index < -0.39 is 17.8 Å².